The van der Waals surface area contributed by atoms with Gasteiger partial charge in [0.15, 0.2) is 9.84 Å². The van der Waals surface area contributed by atoms with Crippen LogP contribution in [0.5, 0.6) is 5.75 Å². The minimum atomic E-state index is -3.42. The zero-order valence-corrected chi connectivity index (χ0v) is 16.1. The van der Waals surface area contributed by atoms with E-state index in [2.05, 4.69) is 4.90 Å². The second-order valence-electron chi connectivity index (χ2n) is 6.64. The Labute approximate surface area is 149 Å². The van der Waals surface area contributed by atoms with Crippen LogP contribution in [0.15, 0.2) is 24.3 Å². The van der Waals surface area contributed by atoms with Gasteiger partial charge in [-0.1, -0.05) is 12.1 Å². The first kappa shape index (κ1) is 18.6. The number of nitrogens with zero attached hydrogens (tertiary/aromatic N) is 2. The van der Waals surface area contributed by atoms with Gasteiger partial charge in [0, 0.05) is 25.7 Å². The molecule has 0 saturated carbocycles. The van der Waals surface area contributed by atoms with Gasteiger partial charge in [-0.05, 0) is 24.6 Å². The van der Waals surface area contributed by atoms with E-state index in [9.17, 15) is 16.8 Å². The highest BCUT2D eigenvalue weighted by atomic mass is 32.2. The van der Waals surface area contributed by atoms with E-state index in [1.54, 1.807) is 0 Å². The molecular weight excluding hydrogens is 364 g/mol. The third-order valence-corrected chi connectivity index (χ3v) is 7.77. The maximum Gasteiger partial charge on any atom is 0.211 e. The summed E-state index contributed by atoms with van der Waals surface area (Å²) >= 11 is 0. The predicted molar refractivity (Wildman–Crippen MR) is 95.8 cm³/mol. The highest BCUT2D eigenvalue weighted by Gasteiger charge is 2.49. The molecule has 25 heavy (non-hydrogen) atoms. The molecule has 0 aliphatic carbocycles. The molecule has 3 rings (SSSR count). The predicted octanol–water partition coefficient (Wildman–Crippen LogP) is 0.328. The molecule has 0 bridgehead atoms. The van der Waals surface area contributed by atoms with E-state index in [0.717, 1.165) is 17.6 Å². The second kappa shape index (κ2) is 6.86. The Hall–Kier alpha value is -1.16. The number of rotatable bonds is 5. The highest BCUT2D eigenvalue weighted by molar-refractivity contribution is 7.92. The number of fused-ring (bicyclic) bond motifs is 1. The molecule has 2 atom stereocenters. The van der Waals surface area contributed by atoms with Crippen LogP contribution in [0.4, 0.5) is 0 Å². The fraction of sp³-hybridized carbons (Fsp3) is 0.625. The molecule has 0 radical (unpaired) electrons. The fourth-order valence-corrected chi connectivity index (χ4v) is 6.96. The molecule has 0 aromatic heterocycles. The molecule has 2 aliphatic rings. The number of benzene rings is 1. The summed E-state index contributed by atoms with van der Waals surface area (Å²) in [7, 11) is -6.65. The van der Waals surface area contributed by atoms with Crippen LogP contribution < -0.4 is 4.74 Å². The van der Waals surface area contributed by atoms with Crippen LogP contribution in [0.3, 0.4) is 0 Å². The maximum atomic E-state index is 12.1. The van der Waals surface area contributed by atoms with Crippen LogP contribution in [-0.4, -0.2) is 75.6 Å². The minimum Gasteiger partial charge on any atom is -0.494 e. The Morgan fingerprint density at radius 2 is 1.92 bits per heavy atom. The van der Waals surface area contributed by atoms with Crippen LogP contribution in [0, 0.1) is 0 Å². The van der Waals surface area contributed by atoms with Crippen LogP contribution in [0.25, 0.3) is 0 Å². The SMILES string of the molecule is CCOc1cccc(CN2CCN(S(C)(=O)=O)[C@@H]3CS(=O)(=O)C[C@@H]32)c1. The van der Waals surface area contributed by atoms with Crippen molar-refractivity contribution in [2.75, 3.05) is 37.5 Å². The Kier molecular flexibility index (Phi) is 5.11. The van der Waals surface area contributed by atoms with Crippen molar-refractivity contribution < 1.29 is 21.6 Å². The molecule has 0 N–H and O–H groups in total. The molecule has 0 amide bonds. The summed E-state index contributed by atoms with van der Waals surface area (Å²) < 4.78 is 55.2. The number of hydrogen-bond acceptors (Lipinski definition) is 6. The van der Waals surface area contributed by atoms with Gasteiger partial charge in [-0.3, -0.25) is 4.90 Å². The van der Waals surface area contributed by atoms with Crippen molar-refractivity contribution in [2.45, 2.75) is 25.6 Å². The third kappa shape index (κ3) is 4.16. The van der Waals surface area contributed by atoms with Gasteiger partial charge in [0.05, 0.1) is 30.4 Å². The molecule has 7 nitrogen and oxygen atoms in total. The lowest BCUT2D eigenvalue weighted by atomic mass is 10.1. The standard InChI is InChI=1S/C16H24N2O5S2/c1-3-23-14-6-4-5-13(9-14)10-17-7-8-18(24(2,19)20)16-12-25(21,22)11-15(16)17/h4-6,9,15-16H,3,7-8,10-12H2,1-2H3/t15-,16+/m0/s1. The summed E-state index contributed by atoms with van der Waals surface area (Å²) in [5, 5.41) is 0. The lowest BCUT2D eigenvalue weighted by Gasteiger charge is -2.42. The van der Waals surface area contributed by atoms with Crippen LogP contribution in [0.1, 0.15) is 12.5 Å². The van der Waals surface area contributed by atoms with Gasteiger partial charge in [-0.15, -0.1) is 0 Å². The second-order valence-corrected chi connectivity index (χ2v) is 10.7. The van der Waals surface area contributed by atoms with Crippen LogP contribution in [-0.2, 0) is 26.4 Å². The zero-order chi connectivity index (χ0) is 18.2. The van der Waals surface area contributed by atoms with Gasteiger partial charge in [0.2, 0.25) is 10.0 Å². The molecule has 1 aromatic carbocycles. The fourth-order valence-electron chi connectivity index (χ4n) is 3.74. The van der Waals surface area contributed by atoms with Gasteiger partial charge in [-0.25, -0.2) is 16.8 Å². The topological polar surface area (TPSA) is 84.0 Å². The Morgan fingerprint density at radius 1 is 1.20 bits per heavy atom. The quantitative estimate of drug-likeness (QED) is 0.723. The van der Waals surface area contributed by atoms with Crippen molar-refractivity contribution in [3.63, 3.8) is 0 Å². The van der Waals surface area contributed by atoms with Crippen LogP contribution >= 0.6 is 0 Å². The molecule has 1 aromatic rings. The van der Waals surface area contributed by atoms with Crippen molar-refractivity contribution in [2.24, 2.45) is 0 Å². The van der Waals surface area contributed by atoms with E-state index in [1.165, 1.54) is 4.31 Å². The largest absolute Gasteiger partial charge is 0.494 e. The lowest BCUT2D eigenvalue weighted by Crippen LogP contribution is -2.59. The summed E-state index contributed by atoms with van der Waals surface area (Å²) in [4.78, 5) is 2.09. The molecule has 2 fully saturated rings. The number of hydrogen-bond donors (Lipinski definition) is 0. The molecule has 9 heteroatoms. The Bertz CT molecular complexity index is 838. The average molecular weight is 389 g/mol. The van der Waals surface area contributed by atoms with Gasteiger partial charge < -0.3 is 4.74 Å². The summed E-state index contributed by atoms with van der Waals surface area (Å²) in [6.45, 7) is 3.92. The number of ether oxygens (including phenoxy) is 1. The van der Waals surface area contributed by atoms with Gasteiger partial charge in [0.1, 0.15) is 5.75 Å². The summed E-state index contributed by atoms with van der Waals surface area (Å²) in [5.74, 6) is 0.695. The number of piperazine rings is 1. The van der Waals surface area contributed by atoms with Crippen molar-refractivity contribution >= 4 is 19.9 Å². The van der Waals surface area contributed by atoms with Crippen molar-refractivity contribution in [3.8, 4) is 5.75 Å². The molecule has 2 heterocycles. The monoisotopic (exact) mass is 388 g/mol. The van der Waals surface area contributed by atoms with Crippen molar-refractivity contribution in [1.29, 1.82) is 0 Å². The minimum absolute atomic E-state index is 0.00877. The number of sulfonamides is 1. The third-order valence-electron chi connectivity index (χ3n) is 4.76. The normalized spacial score (nSPS) is 27.1. The molecular formula is C16H24N2O5S2. The van der Waals surface area contributed by atoms with E-state index in [1.807, 2.05) is 31.2 Å². The van der Waals surface area contributed by atoms with Crippen molar-refractivity contribution in [1.82, 2.24) is 9.21 Å². The first-order chi connectivity index (χ1) is 11.7. The van der Waals surface area contributed by atoms with E-state index >= 15 is 0 Å². The van der Waals surface area contributed by atoms with Gasteiger partial charge in [0.25, 0.3) is 0 Å². The first-order valence-electron chi connectivity index (χ1n) is 8.32. The van der Waals surface area contributed by atoms with E-state index in [0.29, 0.717) is 26.2 Å². The number of sulfone groups is 1. The molecule has 0 spiro atoms. The maximum absolute atomic E-state index is 12.1. The Morgan fingerprint density at radius 3 is 2.60 bits per heavy atom. The molecule has 140 valence electrons. The van der Waals surface area contributed by atoms with Gasteiger partial charge in [-0.2, -0.15) is 4.31 Å². The van der Waals surface area contributed by atoms with E-state index < -0.39 is 25.9 Å². The first-order valence-corrected chi connectivity index (χ1v) is 12.0. The lowest BCUT2D eigenvalue weighted by molar-refractivity contribution is 0.0894. The zero-order valence-electron chi connectivity index (χ0n) is 14.5. The van der Waals surface area contributed by atoms with E-state index in [4.69, 9.17) is 4.74 Å². The molecule has 2 aliphatic heterocycles. The summed E-state index contributed by atoms with van der Waals surface area (Å²) in [6, 6.07) is 6.93. The summed E-state index contributed by atoms with van der Waals surface area (Å²) in [5.41, 5.74) is 1.03. The highest BCUT2D eigenvalue weighted by Crippen LogP contribution is 2.30. The van der Waals surface area contributed by atoms with Gasteiger partial charge >= 0.3 is 0 Å². The average Bonchev–Trinajstić information content (AvgIpc) is 2.82. The van der Waals surface area contributed by atoms with Crippen LogP contribution in [0.2, 0.25) is 0 Å². The molecule has 2 saturated heterocycles. The summed E-state index contributed by atoms with van der Waals surface area (Å²) in [6.07, 6.45) is 1.15. The van der Waals surface area contributed by atoms with E-state index in [-0.39, 0.29) is 17.5 Å². The smallest absolute Gasteiger partial charge is 0.211 e. The van der Waals surface area contributed by atoms with Crippen molar-refractivity contribution in [3.05, 3.63) is 29.8 Å². The Balaban J connectivity index is 1.83. The molecule has 0 unspecified atom stereocenters.